The molecule has 12 nitrogen and oxygen atoms in total. The van der Waals surface area contributed by atoms with Gasteiger partial charge >= 0.3 is 0 Å². The second-order valence-corrected chi connectivity index (χ2v) is 8.79. The zero-order valence-electron chi connectivity index (χ0n) is 19.0. The van der Waals surface area contributed by atoms with Crippen molar-refractivity contribution < 1.29 is 50.9 Å². The number of aliphatic hydroxyl groups is 4. The molecular formula is C22H29ClN2O10. The maximum Gasteiger partial charge on any atom is 0.255 e. The minimum Gasteiger partial charge on any atom is -0.508 e. The topological polar surface area (TPSA) is 245 Å². The van der Waals surface area contributed by atoms with Gasteiger partial charge in [0.25, 0.3) is 5.91 Å². The number of halogens is 1. The number of aliphatic hydroxyl groups excluding tert-OH is 3. The summed E-state index contributed by atoms with van der Waals surface area (Å²) in [6.07, 6.45) is -1.59. The SMILES string of the molecule is CC1c2cccc(O)c2C(O)=C2C(=O)[C@@]3(O)C(O)=C(C(N)=O)C(=O)C(N(C)C)[C@H]3C(O)[C@H]21.Cl.O.O. The molecule has 0 heterocycles. The Morgan fingerprint density at radius 3 is 2.20 bits per heavy atom. The number of phenolic OH excluding ortho intramolecular Hbond substituents is 1. The number of carbonyl (C=O) groups excluding carboxylic acids is 3. The summed E-state index contributed by atoms with van der Waals surface area (Å²) in [4.78, 5) is 40.0. The average molecular weight is 517 g/mol. The minimum atomic E-state index is -2.89. The van der Waals surface area contributed by atoms with E-state index in [1.165, 1.54) is 25.1 Å². The van der Waals surface area contributed by atoms with Crippen molar-refractivity contribution in [3.8, 4) is 5.75 Å². The van der Waals surface area contributed by atoms with Crippen molar-refractivity contribution in [2.45, 2.75) is 30.6 Å². The number of phenols is 1. The standard InChI is InChI=1S/C22H24N2O8.ClH.2H2O/c1-7-8-5-4-6-9(25)11(8)16(26)12-10(7)17(27)14-15(24(2)3)18(28)13(21(23)31)20(30)22(14,32)19(12)29;;;/h4-7,10,14-15,17,25-27,30,32H,1-3H3,(H2,23,31);1H;2*1H2/t7?,10-,14-,15?,17?,22+;;;/m0.../s1. The van der Waals surface area contributed by atoms with Crippen molar-refractivity contribution >= 4 is 35.6 Å². The Morgan fingerprint density at radius 2 is 1.69 bits per heavy atom. The van der Waals surface area contributed by atoms with Gasteiger partial charge in [0.1, 0.15) is 22.8 Å². The first-order valence-corrected chi connectivity index (χ1v) is 10.0. The van der Waals surface area contributed by atoms with Crippen LogP contribution < -0.4 is 5.73 Å². The molecule has 0 aliphatic heterocycles. The third kappa shape index (κ3) is 3.61. The Balaban J connectivity index is 0.00000204. The second kappa shape index (κ2) is 9.57. The maximum atomic E-state index is 13.7. The highest BCUT2D eigenvalue weighted by Gasteiger charge is 2.68. The monoisotopic (exact) mass is 516 g/mol. The van der Waals surface area contributed by atoms with E-state index in [1.54, 1.807) is 19.1 Å². The van der Waals surface area contributed by atoms with Crippen molar-refractivity contribution in [1.82, 2.24) is 4.90 Å². The lowest BCUT2D eigenvalue weighted by Gasteiger charge is -2.53. The molecule has 1 aromatic carbocycles. The summed E-state index contributed by atoms with van der Waals surface area (Å²) in [6, 6.07) is 3.13. The number of primary amides is 1. The molecule has 11 N–H and O–H groups in total. The van der Waals surface area contributed by atoms with E-state index in [0.29, 0.717) is 5.56 Å². The summed E-state index contributed by atoms with van der Waals surface area (Å²) < 4.78 is 0. The van der Waals surface area contributed by atoms with Gasteiger partial charge in [-0.1, -0.05) is 19.1 Å². The predicted octanol–water partition coefficient (Wildman–Crippen LogP) is -1.73. The van der Waals surface area contributed by atoms with Crippen LogP contribution in [0.5, 0.6) is 5.75 Å². The second-order valence-electron chi connectivity index (χ2n) is 8.79. The number of likely N-dealkylation sites (N-methyl/N-ethyl adjacent to an activating group) is 1. The van der Waals surface area contributed by atoms with Gasteiger partial charge in [-0.3, -0.25) is 19.3 Å². The van der Waals surface area contributed by atoms with Crippen LogP contribution in [0, 0.1) is 11.8 Å². The number of fused-ring (bicyclic) bond motifs is 3. The number of hydrogen-bond acceptors (Lipinski definition) is 9. The number of aromatic hydroxyl groups is 1. The van der Waals surface area contributed by atoms with Crippen molar-refractivity contribution in [3.05, 3.63) is 46.2 Å². The number of hydrogen-bond donors (Lipinski definition) is 6. The highest BCUT2D eigenvalue weighted by Crippen LogP contribution is 2.55. The van der Waals surface area contributed by atoms with E-state index >= 15 is 0 Å². The molecule has 3 aliphatic carbocycles. The lowest BCUT2D eigenvalue weighted by Crippen LogP contribution is -2.70. The zero-order chi connectivity index (χ0) is 23.9. The van der Waals surface area contributed by atoms with Crippen LogP contribution in [-0.2, 0) is 14.4 Å². The first-order chi connectivity index (χ1) is 14.9. The Kier molecular flexibility index (Phi) is 8.21. The third-order valence-corrected chi connectivity index (χ3v) is 6.99. The number of ketones is 2. The molecule has 1 amide bonds. The molecule has 194 valence electrons. The fraction of sp³-hybridized carbons (Fsp3) is 0.409. The molecule has 3 unspecified atom stereocenters. The molecule has 1 fully saturated rings. The van der Waals surface area contributed by atoms with Gasteiger partial charge in [-0.15, -0.1) is 12.4 Å². The minimum absolute atomic E-state index is 0. The quantitative estimate of drug-likeness (QED) is 0.244. The number of nitrogens with two attached hydrogens (primary N) is 1. The molecule has 6 atom stereocenters. The summed E-state index contributed by atoms with van der Waals surface area (Å²) in [5.41, 5.74) is 1.47. The summed E-state index contributed by atoms with van der Waals surface area (Å²) in [6.45, 7) is 1.68. The number of Topliss-reactive ketones (excluding diaryl/α,β-unsaturated/α-hetero) is 2. The van der Waals surface area contributed by atoms with Crippen LogP contribution >= 0.6 is 12.4 Å². The zero-order valence-corrected chi connectivity index (χ0v) is 19.8. The highest BCUT2D eigenvalue weighted by molar-refractivity contribution is 6.24. The summed E-state index contributed by atoms with van der Waals surface area (Å²) in [5, 5.41) is 54.9. The first-order valence-electron chi connectivity index (χ1n) is 10.0. The number of amides is 1. The molecule has 13 heteroatoms. The smallest absolute Gasteiger partial charge is 0.255 e. The molecule has 3 aliphatic rings. The van der Waals surface area contributed by atoms with Crippen LogP contribution in [0.4, 0.5) is 0 Å². The summed E-state index contributed by atoms with van der Waals surface area (Å²) in [7, 11) is 2.92. The van der Waals surface area contributed by atoms with E-state index in [4.69, 9.17) is 5.73 Å². The van der Waals surface area contributed by atoms with Gasteiger partial charge in [0.05, 0.1) is 23.6 Å². The molecule has 35 heavy (non-hydrogen) atoms. The molecule has 0 spiro atoms. The van der Waals surface area contributed by atoms with E-state index in [9.17, 15) is 39.9 Å². The van der Waals surface area contributed by atoms with Crippen LogP contribution in [0.3, 0.4) is 0 Å². The molecule has 1 aromatic rings. The Hall–Kier alpha value is -3.00. The van der Waals surface area contributed by atoms with E-state index in [-0.39, 0.29) is 34.7 Å². The molecule has 0 bridgehead atoms. The van der Waals surface area contributed by atoms with Gasteiger partial charge in [0.2, 0.25) is 5.78 Å². The van der Waals surface area contributed by atoms with Gasteiger partial charge in [-0.25, -0.2) is 0 Å². The fourth-order valence-electron chi connectivity index (χ4n) is 5.58. The van der Waals surface area contributed by atoms with E-state index in [2.05, 4.69) is 0 Å². The van der Waals surface area contributed by atoms with E-state index < -0.39 is 75.6 Å². The van der Waals surface area contributed by atoms with E-state index in [1.807, 2.05) is 0 Å². The Morgan fingerprint density at radius 1 is 1.11 bits per heavy atom. The van der Waals surface area contributed by atoms with Gasteiger partial charge in [-0.05, 0) is 31.6 Å². The predicted molar refractivity (Wildman–Crippen MR) is 125 cm³/mol. The first kappa shape index (κ1) is 30.0. The van der Waals surface area contributed by atoms with Gasteiger partial charge in [0.15, 0.2) is 11.4 Å². The van der Waals surface area contributed by atoms with Crippen LogP contribution in [0.1, 0.15) is 24.0 Å². The number of carbonyl (C=O) groups is 3. The normalized spacial score (nSPS) is 31.4. The number of nitrogens with zero attached hydrogens (tertiary/aromatic N) is 1. The van der Waals surface area contributed by atoms with Crippen molar-refractivity contribution in [2.24, 2.45) is 17.6 Å². The molecule has 0 aromatic heterocycles. The molecular weight excluding hydrogens is 488 g/mol. The Bertz CT molecular complexity index is 1150. The van der Waals surface area contributed by atoms with Gasteiger partial charge in [-0.2, -0.15) is 0 Å². The van der Waals surface area contributed by atoms with Gasteiger partial charge in [0, 0.05) is 11.5 Å². The average Bonchev–Trinajstić information content (AvgIpc) is 2.70. The molecule has 0 radical (unpaired) electrons. The lowest BCUT2D eigenvalue weighted by molar-refractivity contribution is -0.169. The lowest BCUT2D eigenvalue weighted by atomic mass is 9.54. The summed E-state index contributed by atoms with van der Waals surface area (Å²) in [5.74, 6) is -8.87. The largest absolute Gasteiger partial charge is 0.508 e. The van der Waals surface area contributed by atoms with E-state index in [0.717, 1.165) is 0 Å². The summed E-state index contributed by atoms with van der Waals surface area (Å²) >= 11 is 0. The van der Waals surface area contributed by atoms with Crippen LogP contribution in [0.2, 0.25) is 0 Å². The number of benzene rings is 1. The van der Waals surface area contributed by atoms with Crippen molar-refractivity contribution in [3.63, 3.8) is 0 Å². The maximum absolute atomic E-state index is 13.7. The van der Waals surface area contributed by atoms with Crippen LogP contribution in [0.15, 0.2) is 35.1 Å². The molecule has 0 saturated heterocycles. The number of rotatable bonds is 2. The third-order valence-electron chi connectivity index (χ3n) is 6.99. The molecule has 1 saturated carbocycles. The van der Waals surface area contributed by atoms with Crippen LogP contribution in [0.25, 0.3) is 5.76 Å². The van der Waals surface area contributed by atoms with Crippen molar-refractivity contribution in [1.29, 1.82) is 0 Å². The van der Waals surface area contributed by atoms with Gasteiger partial charge < -0.3 is 42.2 Å². The van der Waals surface area contributed by atoms with Crippen molar-refractivity contribution in [2.75, 3.05) is 14.1 Å². The molecule has 4 rings (SSSR count). The van der Waals surface area contributed by atoms with Crippen LogP contribution in [-0.4, -0.2) is 90.7 Å². The fourth-order valence-corrected chi connectivity index (χ4v) is 5.58. The highest BCUT2D eigenvalue weighted by atomic mass is 35.5. The Labute approximate surface area is 206 Å².